The van der Waals surface area contributed by atoms with Gasteiger partial charge in [0.25, 0.3) is 0 Å². The van der Waals surface area contributed by atoms with Gasteiger partial charge in [0.2, 0.25) is 10.0 Å². The van der Waals surface area contributed by atoms with Gasteiger partial charge in [0.15, 0.2) is 11.5 Å². The lowest BCUT2D eigenvalue weighted by Crippen LogP contribution is -2.22. The minimum Gasteiger partial charge on any atom is -0.504 e. The van der Waals surface area contributed by atoms with Crippen molar-refractivity contribution in [2.75, 3.05) is 23.5 Å². The summed E-state index contributed by atoms with van der Waals surface area (Å²) in [6.45, 7) is 1.75. The summed E-state index contributed by atoms with van der Waals surface area (Å²) in [5.74, 6) is 0.226. The van der Waals surface area contributed by atoms with Crippen molar-refractivity contribution in [1.82, 2.24) is 0 Å². The lowest BCUT2D eigenvalue weighted by Gasteiger charge is -2.12. The molecular weight excluding hydrogens is 278 g/mol. The molecule has 1 aromatic carbocycles. The Balaban J connectivity index is 2.81. The molecule has 0 saturated carbocycles. The number of nitrogens with one attached hydrogen (secondary N) is 1. The molecule has 0 aliphatic carbocycles. The standard InChI is InChI=1S/C11H16ClNO4S/c1-8(6-12)7-18(15,16)13-9-3-4-11(17-2)10(14)5-9/h3-5,8,13-14H,6-7H2,1-2H3. The van der Waals surface area contributed by atoms with Gasteiger partial charge in [-0.05, 0) is 18.1 Å². The fraction of sp³-hybridized carbons (Fsp3) is 0.455. The second kappa shape index (κ2) is 6.15. The maximum Gasteiger partial charge on any atom is 0.233 e. The van der Waals surface area contributed by atoms with Crippen LogP contribution in [0.15, 0.2) is 18.2 Å². The van der Waals surface area contributed by atoms with E-state index in [9.17, 15) is 13.5 Å². The SMILES string of the molecule is COc1ccc(NS(=O)(=O)CC(C)CCl)cc1O. The summed E-state index contributed by atoms with van der Waals surface area (Å²) in [5, 5.41) is 9.54. The number of rotatable bonds is 6. The van der Waals surface area contributed by atoms with Crippen molar-refractivity contribution in [2.45, 2.75) is 6.92 Å². The topological polar surface area (TPSA) is 75.6 Å². The summed E-state index contributed by atoms with van der Waals surface area (Å²) in [7, 11) is -2.05. The number of benzene rings is 1. The highest BCUT2D eigenvalue weighted by atomic mass is 35.5. The van der Waals surface area contributed by atoms with Crippen molar-refractivity contribution in [3.63, 3.8) is 0 Å². The number of methoxy groups -OCH3 is 1. The predicted octanol–water partition coefficient (Wildman–Crippen LogP) is 2.02. The second-order valence-electron chi connectivity index (χ2n) is 4.03. The number of aromatic hydroxyl groups is 1. The van der Waals surface area contributed by atoms with Gasteiger partial charge >= 0.3 is 0 Å². The van der Waals surface area contributed by atoms with Crippen LogP contribution in [0, 0.1) is 5.92 Å². The van der Waals surface area contributed by atoms with Gasteiger partial charge in [0.05, 0.1) is 18.6 Å². The highest BCUT2D eigenvalue weighted by Crippen LogP contribution is 2.29. The van der Waals surface area contributed by atoms with E-state index in [1.54, 1.807) is 6.92 Å². The van der Waals surface area contributed by atoms with E-state index in [1.165, 1.54) is 25.3 Å². The molecule has 1 atom stereocenters. The molecule has 0 aliphatic heterocycles. The Hall–Kier alpha value is -1.14. The van der Waals surface area contributed by atoms with Crippen molar-refractivity contribution < 1.29 is 18.3 Å². The van der Waals surface area contributed by atoms with Gasteiger partial charge in [0, 0.05) is 11.9 Å². The summed E-state index contributed by atoms with van der Waals surface area (Å²) < 4.78 is 30.7. The molecule has 5 nitrogen and oxygen atoms in total. The normalized spacial score (nSPS) is 13.1. The van der Waals surface area contributed by atoms with E-state index >= 15 is 0 Å². The smallest absolute Gasteiger partial charge is 0.233 e. The minimum absolute atomic E-state index is 0.0662. The number of phenolic OH excluding ortho intramolecular Hbond substituents is 1. The molecule has 7 heteroatoms. The molecule has 102 valence electrons. The molecular formula is C11H16ClNO4S. The monoisotopic (exact) mass is 293 g/mol. The van der Waals surface area contributed by atoms with Gasteiger partial charge in [-0.25, -0.2) is 8.42 Å². The lowest BCUT2D eigenvalue weighted by atomic mass is 10.3. The number of hydrogen-bond donors (Lipinski definition) is 2. The Labute approximate surface area is 112 Å². The maximum absolute atomic E-state index is 11.8. The second-order valence-corrected chi connectivity index (χ2v) is 6.11. The molecule has 1 rings (SSSR count). The quantitative estimate of drug-likeness (QED) is 0.787. The Kier molecular flexibility index (Phi) is 5.10. The zero-order chi connectivity index (χ0) is 13.8. The average molecular weight is 294 g/mol. The van der Waals surface area contributed by atoms with Crippen LogP contribution in [0.5, 0.6) is 11.5 Å². The first kappa shape index (κ1) is 14.9. The van der Waals surface area contributed by atoms with Gasteiger partial charge in [0.1, 0.15) is 0 Å². The van der Waals surface area contributed by atoms with Crippen LogP contribution in [0.25, 0.3) is 0 Å². The Bertz CT molecular complexity index is 504. The highest BCUT2D eigenvalue weighted by molar-refractivity contribution is 7.92. The molecule has 1 unspecified atom stereocenters. The third kappa shape index (κ3) is 4.27. The first-order chi connectivity index (χ1) is 8.38. The Morgan fingerprint density at radius 2 is 2.17 bits per heavy atom. The van der Waals surface area contributed by atoms with Crippen LogP contribution in [0.2, 0.25) is 0 Å². The Morgan fingerprint density at radius 3 is 2.67 bits per heavy atom. The van der Waals surface area contributed by atoms with E-state index in [-0.39, 0.29) is 34.7 Å². The van der Waals surface area contributed by atoms with Gasteiger partial charge in [-0.1, -0.05) is 6.92 Å². The van der Waals surface area contributed by atoms with Crippen LogP contribution in [0.3, 0.4) is 0 Å². The van der Waals surface area contributed by atoms with Crippen molar-refractivity contribution in [2.24, 2.45) is 5.92 Å². The molecule has 0 saturated heterocycles. The summed E-state index contributed by atoms with van der Waals surface area (Å²) in [6, 6.07) is 4.29. The zero-order valence-corrected chi connectivity index (χ0v) is 11.8. The molecule has 0 radical (unpaired) electrons. The number of hydrogen-bond acceptors (Lipinski definition) is 4. The van der Waals surface area contributed by atoms with E-state index in [0.29, 0.717) is 0 Å². The fourth-order valence-corrected chi connectivity index (χ4v) is 3.07. The lowest BCUT2D eigenvalue weighted by molar-refractivity contribution is 0.373. The third-order valence-corrected chi connectivity index (χ3v) is 4.30. The number of alkyl halides is 1. The molecule has 0 aliphatic rings. The summed E-state index contributed by atoms with van der Waals surface area (Å²) >= 11 is 5.58. The van der Waals surface area contributed by atoms with Crippen LogP contribution < -0.4 is 9.46 Å². The maximum atomic E-state index is 11.8. The number of anilines is 1. The van der Waals surface area contributed by atoms with Gasteiger partial charge in [-0.15, -0.1) is 11.6 Å². The largest absolute Gasteiger partial charge is 0.504 e. The fourth-order valence-electron chi connectivity index (χ4n) is 1.39. The van der Waals surface area contributed by atoms with Crippen LogP contribution in [-0.4, -0.2) is 32.3 Å². The molecule has 2 N–H and O–H groups in total. The first-order valence-electron chi connectivity index (χ1n) is 5.31. The van der Waals surface area contributed by atoms with E-state index in [0.717, 1.165) is 0 Å². The number of sulfonamides is 1. The van der Waals surface area contributed by atoms with Crippen LogP contribution in [0.4, 0.5) is 5.69 Å². The van der Waals surface area contributed by atoms with Crippen LogP contribution >= 0.6 is 11.6 Å². The molecule has 0 aromatic heterocycles. The van der Waals surface area contributed by atoms with Crippen LogP contribution in [-0.2, 0) is 10.0 Å². The van der Waals surface area contributed by atoms with Crippen molar-refractivity contribution in [3.8, 4) is 11.5 Å². The van der Waals surface area contributed by atoms with Crippen LogP contribution in [0.1, 0.15) is 6.92 Å². The van der Waals surface area contributed by atoms with Crippen molar-refractivity contribution in [1.29, 1.82) is 0 Å². The van der Waals surface area contributed by atoms with E-state index < -0.39 is 10.0 Å². The third-order valence-electron chi connectivity index (χ3n) is 2.22. The number of phenols is 1. The highest BCUT2D eigenvalue weighted by Gasteiger charge is 2.15. The molecule has 0 fully saturated rings. The van der Waals surface area contributed by atoms with Crippen molar-refractivity contribution in [3.05, 3.63) is 18.2 Å². The Morgan fingerprint density at radius 1 is 1.50 bits per heavy atom. The molecule has 0 bridgehead atoms. The zero-order valence-electron chi connectivity index (χ0n) is 10.2. The molecule has 0 amide bonds. The summed E-state index contributed by atoms with van der Waals surface area (Å²) in [5.41, 5.74) is 0.287. The van der Waals surface area contributed by atoms with Gasteiger partial charge in [-0.3, -0.25) is 4.72 Å². The van der Waals surface area contributed by atoms with E-state index in [2.05, 4.69) is 4.72 Å². The van der Waals surface area contributed by atoms with Gasteiger partial charge in [-0.2, -0.15) is 0 Å². The van der Waals surface area contributed by atoms with E-state index in [4.69, 9.17) is 16.3 Å². The predicted molar refractivity (Wildman–Crippen MR) is 72.0 cm³/mol. The summed E-state index contributed by atoms with van der Waals surface area (Å²) in [6.07, 6.45) is 0. The molecule has 0 heterocycles. The first-order valence-corrected chi connectivity index (χ1v) is 7.50. The summed E-state index contributed by atoms with van der Waals surface area (Å²) in [4.78, 5) is 0. The van der Waals surface area contributed by atoms with Gasteiger partial charge < -0.3 is 9.84 Å². The van der Waals surface area contributed by atoms with Crippen molar-refractivity contribution >= 4 is 27.3 Å². The number of halogens is 1. The molecule has 0 spiro atoms. The molecule has 1 aromatic rings. The average Bonchev–Trinajstić information content (AvgIpc) is 2.27. The molecule has 18 heavy (non-hydrogen) atoms. The van der Waals surface area contributed by atoms with E-state index in [1.807, 2.05) is 0 Å². The minimum atomic E-state index is -3.47. The number of ether oxygens (including phenoxy) is 1.